The number of nitrogens with zero attached hydrogens (tertiary/aromatic N) is 6. The molecule has 1 fully saturated rings. The van der Waals surface area contributed by atoms with Crippen molar-refractivity contribution in [1.82, 2.24) is 24.4 Å². The Morgan fingerprint density at radius 2 is 1.87 bits per heavy atom. The van der Waals surface area contributed by atoms with Crippen LogP contribution in [-0.4, -0.2) is 61.8 Å². The van der Waals surface area contributed by atoms with E-state index >= 15 is 0 Å². The topological polar surface area (TPSA) is 93.5 Å². The number of hydrogen-bond donors (Lipinski definition) is 0. The summed E-state index contributed by atoms with van der Waals surface area (Å²) >= 11 is 5.99. The molecule has 0 N–H and O–H groups in total. The molecule has 38 heavy (non-hydrogen) atoms. The number of hydrogen-bond acceptors (Lipinski definition) is 7. The maximum absolute atomic E-state index is 14.7. The summed E-state index contributed by atoms with van der Waals surface area (Å²) in [5.41, 5.74) is -2.26. The summed E-state index contributed by atoms with van der Waals surface area (Å²) in [6, 6.07) is 2.20. The van der Waals surface area contributed by atoms with E-state index in [1.54, 1.807) is 37.5 Å². The van der Waals surface area contributed by atoms with Gasteiger partial charge in [-0.15, -0.1) is 0 Å². The van der Waals surface area contributed by atoms with Gasteiger partial charge in [0.2, 0.25) is 0 Å². The minimum Gasteiger partial charge on any atom is -0.444 e. The van der Waals surface area contributed by atoms with E-state index < -0.39 is 40.0 Å². The lowest BCUT2D eigenvalue weighted by molar-refractivity contribution is 0.0126. The molecule has 0 aliphatic carbocycles. The maximum atomic E-state index is 14.7. The van der Waals surface area contributed by atoms with E-state index in [2.05, 4.69) is 15.0 Å². The second-order valence-electron chi connectivity index (χ2n) is 10.4. The number of anilines is 1. The third-order valence-corrected chi connectivity index (χ3v) is 6.34. The molecule has 1 amide bonds. The standard InChI is InChI=1S/C25H28ClF3N6O3/c1-13-7-8-30-18(25(6,28)29)17(13)35-21-15(11-16(27)19(26)31-21)20(32-22(35)36)34-10-9-33(12-14(34)2)23(37)38-24(3,4)5/h7-8,11,14H,9-10,12H2,1-6H3/t14-/m0/s1. The predicted octanol–water partition coefficient (Wildman–Crippen LogP) is 4.83. The summed E-state index contributed by atoms with van der Waals surface area (Å²) in [4.78, 5) is 41.4. The molecule has 204 valence electrons. The summed E-state index contributed by atoms with van der Waals surface area (Å²) in [6.45, 7) is 10.1. The van der Waals surface area contributed by atoms with Crippen LogP contribution < -0.4 is 10.6 Å². The van der Waals surface area contributed by atoms with Gasteiger partial charge in [-0.25, -0.2) is 23.5 Å². The van der Waals surface area contributed by atoms with Gasteiger partial charge in [0, 0.05) is 38.8 Å². The van der Waals surface area contributed by atoms with Crippen molar-refractivity contribution in [2.45, 2.75) is 59.1 Å². The molecule has 9 nitrogen and oxygen atoms in total. The lowest BCUT2D eigenvalue weighted by Crippen LogP contribution is -2.55. The van der Waals surface area contributed by atoms with Gasteiger partial charge in [0.15, 0.2) is 16.6 Å². The van der Waals surface area contributed by atoms with Gasteiger partial charge in [0.05, 0.1) is 11.1 Å². The Morgan fingerprint density at radius 1 is 1.18 bits per heavy atom. The van der Waals surface area contributed by atoms with E-state index in [9.17, 15) is 22.8 Å². The Labute approximate surface area is 222 Å². The highest BCUT2D eigenvalue weighted by atomic mass is 35.5. The van der Waals surface area contributed by atoms with Crippen molar-refractivity contribution in [3.63, 3.8) is 0 Å². The Morgan fingerprint density at radius 3 is 2.47 bits per heavy atom. The number of ether oxygens (including phenoxy) is 1. The van der Waals surface area contributed by atoms with Crippen LogP contribution in [0.5, 0.6) is 0 Å². The van der Waals surface area contributed by atoms with E-state index in [-0.39, 0.29) is 48.2 Å². The van der Waals surface area contributed by atoms with Gasteiger partial charge in [-0.05, 0) is 52.3 Å². The first-order chi connectivity index (χ1) is 17.6. The Hall–Kier alpha value is -3.41. The lowest BCUT2D eigenvalue weighted by Gasteiger charge is -2.41. The zero-order valence-corrected chi connectivity index (χ0v) is 22.6. The van der Waals surface area contributed by atoms with Crippen LogP contribution in [0.2, 0.25) is 5.15 Å². The van der Waals surface area contributed by atoms with E-state index in [4.69, 9.17) is 16.3 Å². The minimum atomic E-state index is -3.40. The van der Waals surface area contributed by atoms with Crippen LogP contribution in [-0.2, 0) is 10.7 Å². The van der Waals surface area contributed by atoms with Crippen molar-refractivity contribution in [3.05, 3.63) is 51.0 Å². The van der Waals surface area contributed by atoms with Crippen LogP contribution in [0.1, 0.15) is 45.9 Å². The molecule has 1 aliphatic heterocycles. The third kappa shape index (κ3) is 5.27. The highest BCUT2D eigenvalue weighted by Crippen LogP contribution is 2.35. The predicted molar refractivity (Wildman–Crippen MR) is 137 cm³/mol. The number of aromatic nitrogens is 4. The van der Waals surface area contributed by atoms with Gasteiger partial charge in [0.25, 0.3) is 5.92 Å². The molecule has 0 unspecified atom stereocenters. The number of carbonyl (C=O) groups is 1. The maximum Gasteiger partial charge on any atom is 0.410 e. The summed E-state index contributed by atoms with van der Waals surface area (Å²) < 4.78 is 50.1. The highest BCUT2D eigenvalue weighted by molar-refractivity contribution is 6.30. The monoisotopic (exact) mass is 552 g/mol. The molecule has 1 atom stereocenters. The van der Waals surface area contributed by atoms with Gasteiger partial charge in [-0.2, -0.15) is 13.8 Å². The molecule has 0 spiro atoms. The van der Waals surface area contributed by atoms with Crippen LogP contribution in [0.15, 0.2) is 23.1 Å². The molecule has 0 bridgehead atoms. The van der Waals surface area contributed by atoms with Crippen molar-refractivity contribution < 1.29 is 22.7 Å². The van der Waals surface area contributed by atoms with Crippen LogP contribution in [0.25, 0.3) is 16.7 Å². The molecular weight excluding hydrogens is 525 g/mol. The molecule has 4 heterocycles. The van der Waals surface area contributed by atoms with Gasteiger partial charge >= 0.3 is 11.8 Å². The van der Waals surface area contributed by atoms with Crippen LogP contribution in [0.4, 0.5) is 23.8 Å². The average molecular weight is 553 g/mol. The summed E-state index contributed by atoms with van der Waals surface area (Å²) in [6.07, 6.45) is 0.740. The number of fused-ring (bicyclic) bond motifs is 1. The average Bonchev–Trinajstić information content (AvgIpc) is 2.78. The number of aryl methyl sites for hydroxylation is 1. The number of alkyl halides is 2. The second kappa shape index (κ2) is 9.72. The van der Waals surface area contributed by atoms with Crippen molar-refractivity contribution in [2.75, 3.05) is 24.5 Å². The van der Waals surface area contributed by atoms with Crippen molar-refractivity contribution in [2.24, 2.45) is 0 Å². The molecule has 13 heteroatoms. The SMILES string of the molecule is Cc1ccnc(C(C)(F)F)c1-n1c(=O)nc(N2CCN(C(=O)OC(C)(C)C)C[C@@H]2C)c2cc(F)c(Cl)nc21. The van der Waals surface area contributed by atoms with E-state index in [1.165, 1.54) is 12.3 Å². The molecule has 3 aromatic heterocycles. The van der Waals surface area contributed by atoms with Crippen LogP contribution in [0, 0.1) is 12.7 Å². The van der Waals surface area contributed by atoms with Crippen LogP contribution >= 0.6 is 11.6 Å². The van der Waals surface area contributed by atoms with Crippen LogP contribution in [0.3, 0.4) is 0 Å². The molecule has 3 aromatic rings. The highest BCUT2D eigenvalue weighted by Gasteiger charge is 2.35. The van der Waals surface area contributed by atoms with Crippen molar-refractivity contribution in [3.8, 4) is 5.69 Å². The molecule has 0 radical (unpaired) electrons. The van der Waals surface area contributed by atoms with Gasteiger partial charge in [-0.1, -0.05) is 11.6 Å². The molecular formula is C25H28ClF3N6O3. The fourth-order valence-corrected chi connectivity index (χ4v) is 4.56. The Balaban J connectivity index is 1.87. The van der Waals surface area contributed by atoms with E-state index in [0.717, 1.165) is 10.6 Å². The smallest absolute Gasteiger partial charge is 0.410 e. The minimum absolute atomic E-state index is 0.0951. The zero-order chi connectivity index (χ0) is 28.2. The fourth-order valence-electron chi connectivity index (χ4n) is 4.42. The number of pyridine rings is 2. The van der Waals surface area contributed by atoms with E-state index in [0.29, 0.717) is 12.5 Å². The van der Waals surface area contributed by atoms with Crippen molar-refractivity contribution >= 4 is 34.5 Å². The Bertz CT molecular complexity index is 1470. The van der Waals surface area contributed by atoms with E-state index in [1.807, 2.05) is 6.92 Å². The normalized spacial score (nSPS) is 16.7. The quantitative estimate of drug-likeness (QED) is 0.429. The summed E-state index contributed by atoms with van der Waals surface area (Å²) in [7, 11) is 0. The zero-order valence-electron chi connectivity index (χ0n) is 21.9. The Kier molecular flexibility index (Phi) is 7.06. The molecule has 0 saturated carbocycles. The molecule has 1 saturated heterocycles. The summed E-state index contributed by atoms with van der Waals surface area (Å²) in [5.74, 6) is -4.16. The second-order valence-corrected chi connectivity index (χ2v) is 10.7. The van der Waals surface area contributed by atoms with Crippen molar-refractivity contribution in [1.29, 1.82) is 0 Å². The first-order valence-electron chi connectivity index (χ1n) is 12.0. The fraction of sp³-hybridized carbons (Fsp3) is 0.480. The van der Waals surface area contributed by atoms with Gasteiger partial charge in [-0.3, -0.25) is 4.98 Å². The first kappa shape index (κ1) is 27.6. The number of halogens is 4. The van der Waals surface area contributed by atoms with Gasteiger partial charge < -0.3 is 14.5 Å². The number of rotatable bonds is 3. The first-order valence-corrected chi connectivity index (χ1v) is 12.3. The number of piperazine rings is 1. The van der Waals surface area contributed by atoms with Gasteiger partial charge in [0.1, 0.15) is 17.1 Å². The molecule has 1 aliphatic rings. The number of amides is 1. The number of carbonyl (C=O) groups excluding carboxylic acids is 1. The summed E-state index contributed by atoms with van der Waals surface area (Å²) in [5, 5.41) is -0.436. The molecule has 0 aromatic carbocycles. The molecule has 4 rings (SSSR count). The lowest BCUT2D eigenvalue weighted by atomic mass is 10.1. The largest absolute Gasteiger partial charge is 0.444 e. The third-order valence-electron chi connectivity index (χ3n) is 6.08.